The monoisotopic (exact) mass is 325 g/mol. The highest BCUT2D eigenvalue weighted by Gasteiger charge is 2.15. The Balaban J connectivity index is 2.79. The minimum atomic E-state index is 0.0714. The molecule has 24 heavy (non-hydrogen) atoms. The lowest BCUT2D eigenvalue weighted by atomic mass is 10.0. The molecule has 0 bridgehead atoms. The van der Waals surface area contributed by atoms with Crippen molar-refractivity contribution >= 4 is 11.5 Å². The Bertz CT molecular complexity index is 569. The zero-order valence-corrected chi connectivity index (χ0v) is 15.5. The van der Waals surface area contributed by atoms with E-state index in [2.05, 4.69) is 32.1 Å². The lowest BCUT2D eigenvalue weighted by Crippen LogP contribution is -2.35. The number of unbranched alkanes of at least 4 members (excludes halogenated alkanes) is 1. The predicted octanol–water partition coefficient (Wildman–Crippen LogP) is 5.63. The first-order valence-electron chi connectivity index (χ1n) is 8.97. The molecule has 1 aromatic carbocycles. The maximum Gasteiger partial charge on any atom is 0.246 e. The van der Waals surface area contributed by atoms with Crippen molar-refractivity contribution in [2.24, 2.45) is 0 Å². The van der Waals surface area contributed by atoms with E-state index >= 15 is 0 Å². The highest BCUT2D eigenvalue weighted by atomic mass is 16.2. The number of amides is 1. The molecule has 0 saturated carbocycles. The predicted molar refractivity (Wildman–Crippen MR) is 105 cm³/mol. The lowest BCUT2D eigenvalue weighted by Gasteiger charge is -2.26. The molecule has 0 fully saturated rings. The molecule has 0 aromatic heterocycles. The van der Waals surface area contributed by atoms with Gasteiger partial charge in [0.1, 0.15) is 0 Å². The molecule has 1 amide bonds. The third kappa shape index (κ3) is 6.57. The molecule has 0 aliphatic rings. The summed E-state index contributed by atoms with van der Waals surface area (Å²) in [6.45, 7) is 6.33. The van der Waals surface area contributed by atoms with Gasteiger partial charge in [0.15, 0.2) is 0 Å². The van der Waals surface area contributed by atoms with Gasteiger partial charge in [0.05, 0.1) is 0 Å². The quantitative estimate of drug-likeness (QED) is 0.425. The van der Waals surface area contributed by atoms with Crippen LogP contribution >= 0.6 is 0 Å². The van der Waals surface area contributed by atoms with Gasteiger partial charge in [0.25, 0.3) is 0 Å². The van der Waals surface area contributed by atoms with E-state index in [1.807, 2.05) is 55.3 Å². The fraction of sp³-hybridized carbons (Fsp3) is 0.409. The van der Waals surface area contributed by atoms with Crippen molar-refractivity contribution in [2.45, 2.75) is 52.5 Å². The van der Waals surface area contributed by atoms with Crippen LogP contribution in [-0.4, -0.2) is 23.9 Å². The summed E-state index contributed by atoms with van der Waals surface area (Å²) >= 11 is 0. The summed E-state index contributed by atoms with van der Waals surface area (Å²) in [4.78, 5) is 14.2. The van der Waals surface area contributed by atoms with Crippen LogP contribution in [0.25, 0.3) is 5.57 Å². The minimum absolute atomic E-state index is 0.0714. The molecule has 0 N–H and O–H groups in total. The molecular weight excluding hydrogens is 294 g/mol. The maximum absolute atomic E-state index is 12.4. The van der Waals surface area contributed by atoms with Gasteiger partial charge in [-0.3, -0.25) is 4.79 Å². The van der Waals surface area contributed by atoms with Crippen molar-refractivity contribution in [2.75, 3.05) is 7.05 Å². The molecule has 1 rings (SSSR count). The SMILES string of the molecule is C\C=C/C(=C\C=C\C(=O)N(C)C(CC)CCCC)c1ccccc1. The average Bonchev–Trinajstić information content (AvgIpc) is 2.62. The van der Waals surface area contributed by atoms with E-state index in [4.69, 9.17) is 0 Å². The topological polar surface area (TPSA) is 20.3 Å². The number of carbonyl (C=O) groups is 1. The van der Waals surface area contributed by atoms with Crippen LogP contribution in [0, 0.1) is 0 Å². The van der Waals surface area contributed by atoms with Gasteiger partial charge in [0, 0.05) is 19.2 Å². The molecule has 0 spiro atoms. The molecule has 0 aliphatic heterocycles. The van der Waals surface area contributed by atoms with Gasteiger partial charge in [-0.15, -0.1) is 0 Å². The first-order chi connectivity index (χ1) is 11.6. The Hall–Kier alpha value is -2.09. The van der Waals surface area contributed by atoms with Crippen LogP contribution in [0.15, 0.2) is 60.7 Å². The van der Waals surface area contributed by atoms with Crippen LogP contribution < -0.4 is 0 Å². The molecule has 1 atom stereocenters. The summed E-state index contributed by atoms with van der Waals surface area (Å²) in [7, 11) is 1.91. The summed E-state index contributed by atoms with van der Waals surface area (Å²) in [5.41, 5.74) is 2.25. The zero-order chi connectivity index (χ0) is 17.8. The van der Waals surface area contributed by atoms with Gasteiger partial charge in [-0.05, 0) is 30.9 Å². The number of nitrogens with zero attached hydrogens (tertiary/aromatic N) is 1. The standard InChI is InChI=1S/C22H31NO/c1-5-8-17-21(7-3)23(4)22(24)18-12-16-19(13-6-2)20-14-10-9-11-15-20/h6,9-16,18,21H,5,7-8,17H2,1-4H3/b13-6-,18-12+,19-16+. The number of benzene rings is 1. The van der Waals surface area contributed by atoms with Gasteiger partial charge in [-0.2, -0.15) is 0 Å². The smallest absolute Gasteiger partial charge is 0.246 e. The first kappa shape index (κ1) is 20.0. The van der Waals surface area contributed by atoms with E-state index in [1.165, 1.54) is 12.8 Å². The molecule has 0 radical (unpaired) electrons. The van der Waals surface area contributed by atoms with E-state index in [0.29, 0.717) is 6.04 Å². The Kier molecular flexibility index (Phi) is 9.52. The van der Waals surface area contributed by atoms with Gasteiger partial charge in [0.2, 0.25) is 5.91 Å². The summed E-state index contributed by atoms with van der Waals surface area (Å²) in [6, 6.07) is 10.5. The van der Waals surface area contributed by atoms with Crippen LogP contribution in [0.3, 0.4) is 0 Å². The van der Waals surface area contributed by atoms with E-state index in [1.54, 1.807) is 6.08 Å². The zero-order valence-electron chi connectivity index (χ0n) is 15.5. The van der Waals surface area contributed by atoms with Crippen LogP contribution in [-0.2, 0) is 4.79 Å². The summed E-state index contributed by atoms with van der Waals surface area (Å²) in [6.07, 6.45) is 14.0. The van der Waals surface area contributed by atoms with Gasteiger partial charge in [-0.1, -0.05) is 81.3 Å². The molecule has 1 aromatic rings. The normalized spacial score (nSPS) is 13.6. The molecule has 1 unspecified atom stereocenters. The summed E-state index contributed by atoms with van der Waals surface area (Å²) in [5.74, 6) is 0.0714. The summed E-state index contributed by atoms with van der Waals surface area (Å²) in [5, 5.41) is 0. The van der Waals surface area contributed by atoms with Gasteiger partial charge >= 0.3 is 0 Å². The van der Waals surface area contributed by atoms with Crippen LogP contribution in [0.5, 0.6) is 0 Å². The number of hydrogen-bond acceptors (Lipinski definition) is 1. The Morgan fingerprint density at radius 1 is 1.17 bits per heavy atom. The minimum Gasteiger partial charge on any atom is -0.339 e. The molecule has 0 saturated heterocycles. The van der Waals surface area contributed by atoms with Crippen LogP contribution in [0.4, 0.5) is 0 Å². The van der Waals surface area contributed by atoms with Crippen LogP contribution in [0.1, 0.15) is 52.0 Å². The number of carbonyl (C=O) groups excluding carboxylic acids is 1. The number of hydrogen-bond donors (Lipinski definition) is 0. The van der Waals surface area contributed by atoms with Crippen molar-refractivity contribution in [3.63, 3.8) is 0 Å². The molecule has 0 aliphatic carbocycles. The molecular formula is C22H31NO. The highest BCUT2D eigenvalue weighted by Crippen LogP contribution is 2.16. The van der Waals surface area contributed by atoms with Crippen molar-refractivity contribution < 1.29 is 4.79 Å². The molecule has 0 heterocycles. The van der Waals surface area contributed by atoms with E-state index in [0.717, 1.165) is 24.0 Å². The van der Waals surface area contributed by atoms with Crippen molar-refractivity contribution in [3.8, 4) is 0 Å². The molecule has 130 valence electrons. The third-order valence-corrected chi connectivity index (χ3v) is 4.23. The first-order valence-corrected chi connectivity index (χ1v) is 8.97. The largest absolute Gasteiger partial charge is 0.339 e. The second-order valence-corrected chi connectivity index (χ2v) is 6.00. The van der Waals surface area contributed by atoms with E-state index in [9.17, 15) is 4.79 Å². The van der Waals surface area contributed by atoms with Gasteiger partial charge in [-0.25, -0.2) is 0 Å². The lowest BCUT2D eigenvalue weighted by molar-refractivity contribution is -0.127. The average molecular weight is 325 g/mol. The summed E-state index contributed by atoms with van der Waals surface area (Å²) < 4.78 is 0. The van der Waals surface area contributed by atoms with Gasteiger partial charge < -0.3 is 4.90 Å². The fourth-order valence-corrected chi connectivity index (χ4v) is 2.70. The third-order valence-electron chi connectivity index (χ3n) is 4.23. The van der Waals surface area contributed by atoms with Crippen molar-refractivity contribution in [1.82, 2.24) is 4.90 Å². The van der Waals surface area contributed by atoms with E-state index in [-0.39, 0.29) is 5.91 Å². The molecule has 2 heteroatoms. The van der Waals surface area contributed by atoms with E-state index < -0.39 is 0 Å². The highest BCUT2D eigenvalue weighted by molar-refractivity contribution is 5.88. The second-order valence-electron chi connectivity index (χ2n) is 6.00. The number of allylic oxidation sites excluding steroid dienone is 5. The fourth-order valence-electron chi connectivity index (χ4n) is 2.70. The Morgan fingerprint density at radius 3 is 2.46 bits per heavy atom. The second kappa shape index (κ2) is 11.4. The maximum atomic E-state index is 12.4. The van der Waals surface area contributed by atoms with Crippen molar-refractivity contribution in [1.29, 1.82) is 0 Å². The Morgan fingerprint density at radius 2 is 1.88 bits per heavy atom. The Labute approximate surface area is 147 Å². The number of rotatable bonds is 9. The molecule has 2 nitrogen and oxygen atoms in total. The number of likely N-dealkylation sites (N-methyl/N-ethyl adjacent to an activating group) is 1. The van der Waals surface area contributed by atoms with Crippen molar-refractivity contribution in [3.05, 3.63) is 66.3 Å². The van der Waals surface area contributed by atoms with Crippen LogP contribution in [0.2, 0.25) is 0 Å².